The van der Waals surface area contributed by atoms with Crippen molar-refractivity contribution in [3.05, 3.63) is 126 Å². The SMILES string of the molecule is Cc1cccc(CC[P+](c2ccccc2)(c2ccccc2)c2ccccc2)c1. The van der Waals surface area contributed by atoms with Crippen molar-refractivity contribution in [3.63, 3.8) is 0 Å². The normalized spacial score (nSPS) is 11.3. The molecule has 0 spiro atoms. The Kier molecular flexibility index (Phi) is 5.70. The molecule has 4 aromatic rings. The van der Waals surface area contributed by atoms with Crippen LogP contribution in [0.5, 0.6) is 0 Å². The molecule has 0 N–H and O–H groups in total. The summed E-state index contributed by atoms with van der Waals surface area (Å²) in [7, 11) is -1.73. The summed E-state index contributed by atoms with van der Waals surface area (Å²) < 4.78 is 0. The molecule has 0 saturated heterocycles. The van der Waals surface area contributed by atoms with Gasteiger partial charge in [0.1, 0.15) is 23.2 Å². The highest BCUT2D eigenvalue weighted by Gasteiger charge is 2.44. The van der Waals surface area contributed by atoms with Gasteiger partial charge in [0, 0.05) is 6.42 Å². The summed E-state index contributed by atoms with van der Waals surface area (Å²) in [5.41, 5.74) is 2.76. The molecule has 28 heavy (non-hydrogen) atoms. The highest BCUT2D eigenvalue weighted by Crippen LogP contribution is 2.55. The van der Waals surface area contributed by atoms with E-state index in [1.165, 1.54) is 27.0 Å². The molecule has 0 bridgehead atoms. The molecule has 4 aromatic carbocycles. The first-order valence-electron chi connectivity index (χ1n) is 9.89. The van der Waals surface area contributed by atoms with Gasteiger partial charge in [-0.1, -0.05) is 84.4 Å². The van der Waals surface area contributed by atoms with E-state index < -0.39 is 7.26 Å². The highest BCUT2D eigenvalue weighted by molar-refractivity contribution is 7.95. The highest BCUT2D eigenvalue weighted by atomic mass is 31.2. The van der Waals surface area contributed by atoms with Gasteiger partial charge in [0.25, 0.3) is 0 Å². The summed E-state index contributed by atoms with van der Waals surface area (Å²) in [4.78, 5) is 0. The van der Waals surface area contributed by atoms with E-state index in [1.54, 1.807) is 0 Å². The molecule has 0 aliphatic rings. The summed E-state index contributed by atoms with van der Waals surface area (Å²) >= 11 is 0. The monoisotopic (exact) mass is 381 g/mol. The number of hydrogen-bond donors (Lipinski definition) is 0. The minimum absolute atomic E-state index is 1.08. The minimum atomic E-state index is -1.73. The molecule has 0 saturated carbocycles. The fraction of sp³-hybridized carbons (Fsp3) is 0.111. The molecule has 4 rings (SSSR count). The van der Waals surface area contributed by atoms with E-state index >= 15 is 0 Å². The third-order valence-electron chi connectivity index (χ3n) is 5.41. The van der Waals surface area contributed by atoms with Crippen molar-refractivity contribution in [1.82, 2.24) is 0 Å². The van der Waals surface area contributed by atoms with Crippen molar-refractivity contribution >= 4 is 23.2 Å². The van der Waals surface area contributed by atoms with Crippen LogP contribution in [0.15, 0.2) is 115 Å². The van der Waals surface area contributed by atoms with E-state index in [4.69, 9.17) is 0 Å². The zero-order valence-corrected chi connectivity index (χ0v) is 17.2. The second-order valence-electron chi connectivity index (χ2n) is 7.28. The molecule has 0 aliphatic carbocycles. The van der Waals surface area contributed by atoms with Crippen molar-refractivity contribution < 1.29 is 0 Å². The van der Waals surface area contributed by atoms with Crippen molar-refractivity contribution in [2.75, 3.05) is 6.16 Å². The Bertz CT molecular complexity index is 911. The van der Waals surface area contributed by atoms with E-state index in [9.17, 15) is 0 Å². The fourth-order valence-electron chi connectivity index (χ4n) is 4.05. The third kappa shape index (κ3) is 3.79. The lowest BCUT2D eigenvalue weighted by molar-refractivity contribution is 1.14. The summed E-state index contributed by atoms with van der Waals surface area (Å²) in [5.74, 6) is 0. The number of benzene rings is 4. The van der Waals surface area contributed by atoms with Gasteiger partial charge in [0.15, 0.2) is 0 Å². The lowest BCUT2D eigenvalue weighted by Gasteiger charge is -2.27. The molecule has 0 atom stereocenters. The largest absolute Gasteiger partial charge is 0.112 e. The fourth-order valence-corrected chi connectivity index (χ4v) is 8.35. The van der Waals surface area contributed by atoms with Gasteiger partial charge in [0.05, 0.1) is 6.16 Å². The average molecular weight is 381 g/mol. The van der Waals surface area contributed by atoms with Crippen LogP contribution in [-0.4, -0.2) is 6.16 Å². The van der Waals surface area contributed by atoms with E-state index in [2.05, 4.69) is 122 Å². The van der Waals surface area contributed by atoms with E-state index in [-0.39, 0.29) is 0 Å². The molecule has 0 nitrogen and oxygen atoms in total. The maximum absolute atomic E-state index is 2.33. The summed E-state index contributed by atoms with van der Waals surface area (Å²) in [5, 5.41) is 4.38. The Morgan fingerprint density at radius 1 is 0.536 bits per heavy atom. The van der Waals surface area contributed by atoms with Gasteiger partial charge in [-0.05, 0) is 48.9 Å². The zero-order valence-electron chi connectivity index (χ0n) is 16.3. The van der Waals surface area contributed by atoms with Gasteiger partial charge < -0.3 is 0 Å². The Morgan fingerprint density at radius 3 is 1.43 bits per heavy atom. The quantitative estimate of drug-likeness (QED) is 0.385. The zero-order chi connectivity index (χ0) is 19.2. The lowest BCUT2D eigenvalue weighted by atomic mass is 10.1. The van der Waals surface area contributed by atoms with Crippen LogP contribution in [0.25, 0.3) is 0 Å². The van der Waals surface area contributed by atoms with Gasteiger partial charge in [0.2, 0.25) is 0 Å². The first-order chi connectivity index (χ1) is 13.8. The first kappa shape index (κ1) is 18.7. The van der Waals surface area contributed by atoms with Crippen molar-refractivity contribution in [3.8, 4) is 0 Å². The van der Waals surface area contributed by atoms with E-state index in [1.807, 2.05) is 0 Å². The topological polar surface area (TPSA) is 0 Å². The van der Waals surface area contributed by atoms with Gasteiger partial charge >= 0.3 is 0 Å². The Morgan fingerprint density at radius 2 is 1.00 bits per heavy atom. The molecule has 138 valence electrons. The Hall–Kier alpha value is -2.69. The second kappa shape index (κ2) is 8.55. The van der Waals surface area contributed by atoms with Gasteiger partial charge in [-0.3, -0.25) is 0 Å². The third-order valence-corrected chi connectivity index (χ3v) is 9.84. The lowest BCUT2D eigenvalue weighted by Crippen LogP contribution is -2.34. The summed E-state index contributed by atoms with van der Waals surface area (Å²) in [6.45, 7) is 2.18. The molecular weight excluding hydrogens is 355 g/mol. The van der Waals surface area contributed by atoms with Crippen LogP contribution >= 0.6 is 7.26 Å². The van der Waals surface area contributed by atoms with Crippen LogP contribution in [0.4, 0.5) is 0 Å². The smallest absolute Gasteiger partial charge is 0.0620 e. The Labute approximate surface area is 169 Å². The van der Waals surface area contributed by atoms with Crippen LogP contribution in [0.2, 0.25) is 0 Å². The summed E-state index contributed by atoms with van der Waals surface area (Å²) in [6.07, 6.45) is 2.21. The molecule has 0 fully saturated rings. The second-order valence-corrected chi connectivity index (χ2v) is 10.9. The number of aryl methyl sites for hydroxylation is 2. The predicted molar refractivity (Wildman–Crippen MR) is 125 cm³/mol. The molecule has 0 aliphatic heterocycles. The van der Waals surface area contributed by atoms with Crippen LogP contribution in [0, 0.1) is 6.92 Å². The molecule has 1 heteroatoms. The number of hydrogen-bond acceptors (Lipinski definition) is 0. The van der Waals surface area contributed by atoms with Gasteiger partial charge in [-0.2, -0.15) is 0 Å². The molecule has 0 aromatic heterocycles. The maximum Gasteiger partial charge on any atom is 0.112 e. The van der Waals surface area contributed by atoms with Crippen LogP contribution < -0.4 is 15.9 Å². The Balaban J connectivity index is 1.88. The van der Waals surface area contributed by atoms with Crippen LogP contribution in [-0.2, 0) is 6.42 Å². The molecule has 0 unspecified atom stereocenters. The molecule has 0 radical (unpaired) electrons. The van der Waals surface area contributed by atoms with Crippen molar-refractivity contribution in [1.29, 1.82) is 0 Å². The molecular formula is C27H26P+. The maximum atomic E-state index is 2.33. The average Bonchev–Trinajstić information content (AvgIpc) is 2.77. The first-order valence-corrected chi connectivity index (χ1v) is 11.9. The number of rotatable bonds is 6. The molecule has 0 amide bonds. The van der Waals surface area contributed by atoms with Crippen molar-refractivity contribution in [2.24, 2.45) is 0 Å². The van der Waals surface area contributed by atoms with Crippen molar-refractivity contribution in [2.45, 2.75) is 13.3 Å². The van der Waals surface area contributed by atoms with E-state index in [0.717, 1.165) is 12.6 Å². The van der Waals surface area contributed by atoms with Gasteiger partial charge in [-0.15, -0.1) is 0 Å². The summed E-state index contributed by atoms with van der Waals surface area (Å²) in [6, 6.07) is 42.4. The van der Waals surface area contributed by atoms with E-state index in [0.29, 0.717) is 0 Å². The minimum Gasteiger partial charge on any atom is -0.0620 e. The van der Waals surface area contributed by atoms with Crippen LogP contribution in [0.1, 0.15) is 11.1 Å². The van der Waals surface area contributed by atoms with Crippen LogP contribution in [0.3, 0.4) is 0 Å². The predicted octanol–water partition coefficient (Wildman–Crippen LogP) is 5.53. The molecule has 0 heterocycles. The van der Waals surface area contributed by atoms with Gasteiger partial charge in [-0.25, -0.2) is 0 Å². The standard InChI is InChI=1S/C27H26P/c1-23-12-11-13-24(22-23)20-21-28(25-14-5-2-6-15-25,26-16-7-3-8-17-26)27-18-9-4-10-19-27/h2-19,22H,20-21H2,1H3/q+1.